The minimum absolute atomic E-state index is 0.221. The molecule has 1 aromatic carbocycles. The van der Waals surface area contributed by atoms with E-state index in [1.165, 1.54) is 11.8 Å². The number of aryl methyl sites for hydroxylation is 2. The Balaban J connectivity index is 2.28. The zero-order chi connectivity index (χ0) is 14.8. The van der Waals surface area contributed by atoms with Crippen LogP contribution < -0.4 is 4.72 Å². The number of nitrogens with one attached hydrogen (secondary N) is 1. The fraction of sp³-hybridized carbons (Fsp3) is 0.357. The van der Waals surface area contributed by atoms with Gasteiger partial charge in [-0.25, -0.2) is 8.42 Å². The molecule has 1 aromatic heterocycles. The van der Waals surface area contributed by atoms with Crippen LogP contribution in [-0.4, -0.2) is 18.2 Å². The van der Waals surface area contributed by atoms with Gasteiger partial charge in [0.25, 0.3) is 10.0 Å². The number of benzene rings is 1. The molecule has 0 saturated carbocycles. The molecule has 0 bridgehead atoms. The molecule has 0 aliphatic heterocycles. The highest BCUT2D eigenvalue weighted by molar-refractivity contribution is 7.92. The Morgan fingerprint density at radius 3 is 2.35 bits per heavy atom. The molecular weight excluding hydrogens is 274 g/mol. The largest absolute Gasteiger partial charge is 0.280 e. The lowest BCUT2D eigenvalue weighted by molar-refractivity contribution is 0.598. The van der Waals surface area contributed by atoms with Gasteiger partial charge in [0.15, 0.2) is 0 Å². The van der Waals surface area contributed by atoms with E-state index in [0.29, 0.717) is 17.9 Å². The topological polar surface area (TPSA) is 64.0 Å². The summed E-state index contributed by atoms with van der Waals surface area (Å²) in [5, 5.41) is 4.07. The minimum Gasteiger partial charge on any atom is -0.280 e. The van der Waals surface area contributed by atoms with Crippen LogP contribution in [0.4, 0.5) is 5.69 Å². The molecular formula is C14H19N3O2S. The summed E-state index contributed by atoms with van der Waals surface area (Å²) in [6.07, 6.45) is 2.32. The molecule has 0 aliphatic carbocycles. The van der Waals surface area contributed by atoms with Crippen molar-refractivity contribution < 1.29 is 8.42 Å². The lowest BCUT2D eigenvalue weighted by atomic mass is 10.2. The smallest absolute Gasteiger partial charge is 0.265 e. The number of aromatic nitrogens is 2. The van der Waals surface area contributed by atoms with Crippen LogP contribution in [0.5, 0.6) is 0 Å². The van der Waals surface area contributed by atoms with Crippen molar-refractivity contribution in [3.8, 4) is 0 Å². The van der Waals surface area contributed by atoms with E-state index in [1.807, 2.05) is 19.1 Å². The summed E-state index contributed by atoms with van der Waals surface area (Å²) in [5.41, 5.74) is 2.37. The van der Waals surface area contributed by atoms with Gasteiger partial charge in [0, 0.05) is 12.2 Å². The van der Waals surface area contributed by atoms with E-state index >= 15 is 0 Å². The molecule has 0 saturated heterocycles. The Morgan fingerprint density at radius 2 is 1.85 bits per heavy atom. The molecule has 0 fully saturated rings. The van der Waals surface area contributed by atoms with Crippen molar-refractivity contribution >= 4 is 15.7 Å². The summed E-state index contributed by atoms with van der Waals surface area (Å²) in [4.78, 5) is 0.221. The molecule has 20 heavy (non-hydrogen) atoms. The summed E-state index contributed by atoms with van der Waals surface area (Å²) in [6, 6.07) is 7.38. The molecule has 0 radical (unpaired) electrons. The van der Waals surface area contributed by atoms with Crippen molar-refractivity contribution in [1.82, 2.24) is 9.78 Å². The zero-order valence-corrected chi connectivity index (χ0v) is 12.7. The third-order valence-corrected chi connectivity index (χ3v) is 4.75. The van der Waals surface area contributed by atoms with Crippen LogP contribution in [0.3, 0.4) is 0 Å². The van der Waals surface area contributed by atoms with Gasteiger partial charge in [-0.3, -0.25) is 9.40 Å². The standard InChI is InChI=1S/C14H19N3O2S/c1-4-12-6-8-13(9-7-12)16-20(18,19)14-10-15-17(5-2)11(14)3/h6-10,16H,4-5H2,1-3H3. The first kappa shape index (κ1) is 14.6. The molecule has 0 atom stereocenters. The molecule has 2 aromatic rings. The molecule has 1 N–H and O–H groups in total. The van der Waals surface area contributed by atoms with Crippen molar-refractivity contribution in [3.63, 3.8) is 0 Å². The van der Waals surface area contributed by atoms with Crippen LogP contribution in [0, 0.1) is 6.92 Å². The summed E-state index contributed by atoms with van der Waals surface area (Å²) >= 11 is 0. The second-order valence-electron chi connectivity index (χ2n) is 4.57. The van der Waals surface area contributed by atoms with Gasteiger partial charge < -0.3 is 0 Å². The Labute approximate surface area is 119 Å². The monoisotopic (exact) mass is 293 g/mol. The number of hydrogen-bond acceptors (Lipinski definition) is 3. The number of hydrogen-bond donors (Lipinski definition) is 1. The van der Waals surface area contributed by atoms with Gasteiger partial charge in [0.2, 0.25) is 0 Å². The number of sulfonamides is 1. The first-order valence-corrected chi connectivity index (χ1v) is 8.10. The first-order chi connectivity index (χ1) is 9.47. The highest BCUT2D eigenvalue weighted by Crippen LogP contribution is 2.19. The predicted octanol–water partition coefficient (Wildman–Crippen LogP) is 2.57. The van der Waals surface area contributed by atoms with E-state index in [4.69, 9.17) is 0 Å². The first-order valence-electron chi connectivity index (χ1n) is 6.62. The summed E-state index contributed by atoms with van der Waals surface area (Å²) in [5.74, 6) is 0. The maximum atomic E-state index is 12.3. The van der Waals surface area contributed by atoms with Crippen LogP contribution in [0.15, 0.2) is 35.4 Å². The van der Waals surface area contributed by atoms with Gasteiger partial charge in [-0.2, -0.15) is 5.10 Å². The summed E-state index contributed by atoms with van der Waals surface area (Å²) in [6.45, 7) is 6.38. The Kier molecular flexibility index (Phi) is 4.13. The number of anilines is 1. The van der Waals surface area contributed by atoms with Crippen LogP contribution in [0.1, 0.15) is 25.1 Å². The van der Waals surface area contributed by atoms with Crippen molar-refractivity contribution in [2.24, 2.45) is 0 Å². The third kappa shape index (κ3) is 2.85. The fourth-order valence-electron chi connectivity index (χ4n) is 2.03. The van der Waals surface area contributed by atoms with Crippen molar-refractivity contribution in [2.45, 2.75) is 38.6 Å². The molecule has 0 aliphatic rings. The van der Waals surface area contributed by atoms with Gasteiger partial charge in [0.05, 0.1) is 11.9 Å². The van der Waals surface area contributed by atoms with Crippen molar-refractivity contribution in [2.75, 3.05) is 4.72 Å². The highest BCUT2D eigenvalue weighted by Gasteiger charge is 2.20. The Morgan fingerprint density at radius 1 is 1.20 bits per heavy atom. The maximum absolute atomic E-state index is 12.3. The molecule has 108 valence electrons. The number of rotatable bonds is 5. The second-order valence-corrected chi connectivity index (χ2v) is 6.22. The van der Waals surface area contributed by atoms with E-state index in [1.54, 1.807) is 23.7 Å². The average Bonchev–Trinajstić information content (AvgIpc) is 2.81. The molecule has 6 heteroatoms. The SMILES string of the molecule is CCc1ccc(NS(=O)(=O)c2cnn(CC)c2C)cc1. The van der Waals surface area contributed by atoms with Crippen molar-refractivity contribution in [3.05, 3.63) is 41.7 Å². The second kappa shape index (κ2) is 5.66. The number of nitrogens with zero attached hydrogens (tertiary/aromatic N) is 2. The maximum Gasteiger partial charge on any atom is 0.265 e. The quantitative estimate of drug-likeness (QED) is 0.921. The lowest BCUT2D eigenvalue weighted by Gasteiger charge is -2.08. The average molecular weight is 293 g/mol. The van der Waals surface area contributed by atoms with E-state index in [-0.39, 0.29) is 4.90 Å². The molecule has 0 unspecified atom stereocenters. The molecule has 5 nitrogen and oxygen atoms in total. The Bertz CT molecular complexity index is 688. The van der Waals surface area contributed by atoms with E-state index in [9.17, 15) is 8.42 Å². The van der Waals surface area contributed by atoms with Gasteiger partial charge in [-0.15, -0.1) is 0 Å². The molecule has 0 spiro atoms. The Hall–Kier alpha value is -1.82. The van der Waals surface area contributed by atoms with Gasteiger partial charge >= 0.3 is 0 Å². The van der Waals surface area contributed by atoms with Crippen molar-refractivity contribution in [1.29, 1.82) is 0 Å². The van der Waals surface area contributed by atoms with Gasteiger partial charge in [0.1, 0.15) is 4.90 Å². The van der Waals surface area contributed by atoms with Crippen LogP contribution in [0.2, 0.25) is 0 Å². The van der Waals surface area contributed by atoms with Crippen LogP contribution >= 0.6 is 0 Å². The summed E-state index contributed by atoms with van der Waals surface area (Å²) in [7, 11) is -3.59. The molecule has 0 amide bonds. The van der Waals surface area contributed by atoms with Crippen LogP contribution in [-0.2, 0) is 23.0 Å². The lowest BCUT2D eigenvalue weighted by Crippen LogP contribution is -2.14. The summed E-state index contributed by atoms with van der Waals surface area (Å²) < 4.78 is 28.9. The van der Waals surface area contributed by atoms with E-state index in [2.05, 4.69) is 16.7 Å². The van der Waals surface area contributed by atoms with Gasteiger partial charge in [-0.05, 0) is 38.0 Å². The third-order valence-electron chi connectivity index (χ3n) is 3.26. The predicted molar refractivity (Wildman–Crippen MR) is 79.3 cm³/mol. The van der Waals surface area contributed by atoms with E-state index < -0.39 is 10.0 Å². The zero-order valence-electron chi connectivity index (χ0n) is 11.9. The minimum atomic E-state index is -3.59. The van der Waals surface area contributed by atoms with Crippen LogP contribution in [0.25, 0.3) is 0 Å². The van der Waals surface area contributed by atoms with E-state index in [0.717, 1.165) is 6.42 Å². The molecule has 2 rings (SSSR count). The molecule has 1 heterocycles. The highest BCUT2D eigenvalue weighted by atomic mass is 32.2. The normalized spacial score (nSPS) is 11.6. The fourth-order valence-corrected chi connectivity index (χ4v) is 3.27. The van der Waals surface area contributed by atoms with Gasteiger partial charge in [-0.1, -0.05) is 19.1 Å².